The van der Waals surface area contributed by atoms with Crippen LogP contribution in [-0.4, -0.2) is 27.2 Å². The van der Waals surface area contributed by atoms with Gasteiger partial charge in [0.1, 0.15) is 5.82 Å². The highest BCUT2D eigenvalue weighted by atomic mass is 79.9. The molecule has 0 fully saturated rings. The Labute approximate surface area is 153 Å². The number of methoxy groups -OCH3 is 3. The van der Waals surface area contributed by atoms with E-state index >= 15 is 0 Å². The number of nitrogens with one attached hydrogen (secondary N) is 1. The number of halogens is 2. The number of anilines is 1. The van der Waals surface area contributed by atoms with Crippen molar-refractivity contribution in [1.82, 2.24) is 0 Å². The lowest BCUT2D eigenvalue weighted by Crippen LogP contribution is -2.24. The molecule has 1 unspecified atom stereocenters. The van der Waals surface area contributed by atoms with Gasteiger partial charge in [-0.15, -0.1) is 0 Å². The molecule has 0 bridgehead atoms. The van der Waals surface area contributed by atoms with Gasteiger partial charge < -0.3 is 19.5 Å². The summed E-state index contributed by atoms with van der Waals surface area (Å²) >= 11 is 3.20. The van der Waals surface area contributed by atoms with Crippen molar-refractivity contribution in [3.05, 3.63) is 45.7 Å². The highest BCUT2D eigenvalue weighted by Gasteiger charge is 2.33. The van der Waals surface area contributed by atoms with Crippen LogP contribution < -0.4 is 19.5 Å². The van der Waals surface area contributed by atoms with Crippen LogP contribution in [0.2, 0.25) is 0 Å². The lowest BCUT2D eigenvalue weighted by atomic mass is 9.83. The molecule has 2 aromatic rings. The lowest BCUT2D eigenvalue weighted by molar-refractivity contribution is -0.116. The summed E-state index contributed by atoms with van der Waals surface area (Å²) in [5.74, 6) is 0.610. The van der Waals surface area contributed by atoms with E-state index in [1.165, 1.54) is 27.4 Å². The summed E-state index contributed by atoms with van der Waals surface area (Å²) in [7, 11) is 4.58. The second-order valence-corrected chi connectivity index (χ2v) is 6.44. The third-order valence-corrected chi connectivity index (χ3v) is 4.83. The summed E-state index contributed by atoms with van der Waals surface area (Å²) < 4.78 is 30.3. The summed E-state index contributed by atoms with van der Waals surface area (Å²) in [6.45, 7) is 0. The van der Waals surface area contributed by atoms with Crippen molar-refractivity contribution in [3.63, 3.8) is 0 Å². The first-order chi connectivity index (χ1) is 12.0. The SMILES string of the molecule is COc1cc2c(c(OC)c1OC)C(c1ccc(F)c(Br)c1)CC(=O)N2. The number of rotatable bonds is 4. The first kappa shape index (κ1) is 17.5. The topological polar surface area (TPSA) is 56.8 Å². The largest absolute Gasteiger partial charge is 0.493 e. The number of ether oxygens (including phenoxy) is 3. The van der Waals surface area contributed by atoms with Gasteiger partial charge in [-0.25, -0.2) is 4.39 Å². The zero-order valence-corrected chi connectivity index (χ0v) is 15.6. The summed E-state index contributed by atoms with van der Waals surface area (Å²) in [5.41, 5.74) is 2.17. The van der Waals surface area contributed by atoms with E-state index in [1.807, 2.05) is 0 Å². The third-order valence-electron chi connectivity index (χ3n) is 4.23. The first-order valence-electron chi connectivity index (χ1n) is 7.57. The van der Waals surface area contributed by atoms with Crippen LogP contribution in [0.5, 0.6) is 17.2 Å². The quantitative estimate of drug-likeness (QED) is 0.825. The smallest absolute Gasteiger partial charge is 0.225 e. The van der Waals surface area contributed by atoms with Crippen LogP contribution >= 0.6 is 15.9 Å². The van der Waals surface area contributed by atoms with Gasteiger partial charge in [-0.2, -0.15) is 0 Å². The van der Waals surface area contributed by atoms with Gasteiger partial charge in [-0.3, -0.25) is 4.79 Å². The second kappa shape index (κ2) is 6.92. The highest BCUT2D eigenvalue weighted by Crippen LogP contribution is 2.51. The van der Waals surface area contributed by atoms with E-state index in [2.05, 4.69) is 21.2 Å². The van der Waals surface area contributed by atoms with Gasteiger partial charge in [0, 0.05) is 24.0 Å². The standard InChI is InChI=1S/C18H17BrFNO4/c1-23-14-8-13-16(18(25-3)17(14)24-2)10(7-15(22)21-13)9-4-5-12(20)11(19)6-9/h4-6,8,10H,7H2,1-3H3,(H,21,22). The van der Waals surface area contributed by atoms with Crippen LogP contribution in [0.1, 0.15) is 23.5 Å². The van der Waals surface area contributed by atoms with Crippen molar-refractivity contribution in [2.45, 2.75) is 12.3 Å². The van der Waals surface area contributed by atoms with E-state index in [0.717, 1.165) is 11.1 Å². The molecule has 132 valence electrons. The summed E-state index contributed by atoms with van der Waals surface area (Å²) in [6, 6.07) is 6.43. The van der Waals surface area contributed by atoms with Gasteiger partial charge >= 0.3 is 0 Å². The maximum Gasteiger partial charge on any atom is 0.225 e. The normalized spacial score (nSPS) is 16.0. The first-order valence-corrected chi connectivity index (χ1v) is 8.37. The maximum absolute atomic E-state index is 13.6. The molecule has 0 aliphatic carbocycles. The van der Waals surface area contributed by atoms with Gasteiger partial charge in [0.05, 0.1) is 31.5 Å². The molecule has 0 saturated carbocycles. The van der Waals surface area contributed by atoms with E-state index in [1.54, 1.807) is 18.2 Å². The molecule has 25 heavy (non-hydrogen) atoms. The summed E-state index contributed by atoms with van der Waals surface area (Å²) in [5, 5.41) is 2.85. The fourth-order valence-electron chi connectivity index (χ4n) is 3.13. The van der Waals surface area contributed by atoms with Crippen LogP contribution in [0.15, 0.2) is 28.7 Å². The molecular formula is C18H17BrFNO4. The number of fused-ring (bicyclic) bond motifs is 1. The van der Waals surface area contributed by atoms with Crippen LogP contribution in [0.3, 0.4) is 0 Å². The van der Waals surface area contributed by atoms with Gasteiger partial charge in [-0.1, -0.05) is 6.07 Å². The van der Waals surface area contributed by atoms with Gasteiger partial charge in [-0.05, 0) is 33.6 Å². The molecule has 1 N–H and O–H groups in total. The molecule has 0 aromatic heterocycles. The second-order valence-electron chi connectivity index (χ2n) is 5.58. The number of hydrogen-bond acceptors (Lipinski definition) is 4. The van der Waals surface area contributed by atoms with Crippen molar-refractivity contribution in [3.8, 4) is 17.2 Å². The van der Waals surface area contributed by atoms with Crippen LogP contribution in [-0.2, 0) is 4.79 Å². The van der Waals surface area contributed by atoms with Crippen LogP contribution in [0, 0.1) is 5.82 Å². The van der Waals surface area contributed by atoms with Crippen LogP contribution in [0.25, 0.3) is 0 Å². The van der Waals surface area contributed by atoms with E-state index in [4.69, 9.17) is 14.2 Å². The highest BCUT2D eigenvalue weighted by molar-refractivity contribution is 9.10. The number of amides is 1. The zero-order valence-electron chi connectivity index (χ0n) is 14.0. The van der Waals surface area contributed by atoms with Crippen molar-refractivity contribution >= 4 is 27.5 Å². The Hall–Kier alpha value is -2.28. The predicted molar refractivity (Wildman–Crippen MR) is 95.3 cm³/mol. The minimum absolute atomic E-state index is 0.132. The minimum Gasteiger partial charge on any atom is -0.493 e. The fourth-order valence-corrected chi connectivity index (χ4v) is 3.53. The monoisotopic (exact) mass is 409 g/mol. The average molecular weight is 410 g/mol. The molecule has 0 spiro atoms. The zero-order chi connectivity index (χ0) is 18.1. The van der Waals surface area contributed by atoms with Crippen molar-refractivity contribution in [2.24, 2.45) is 0 Å². The molecule has 2 aromatic carbocycles. The Bertz CT molecular complexity index is 840. The molecule has 0 radical (unpaired) electrons. The third kappa shape index (κ3) is 3.04. The van der Waals surface area contributed by atoms with E-state index in [-0.39, 0.29) is 24.1 Å². The molecular weight excluding hydrogens is 393 g/mol. The van der Waals surface area contributed by atoms with E-state index in [9.17, 15) is 9.18 Å². The molecule has 1 aliphatic rings. The Morgan fingerprint density at radius 3 is 2.44 bits per heavy atom. The Morgan fingerprint density at radius 2 is 1.84 bits per heavy atom. The van der Waals surface area contributed by atoms with E-state index < -0.39 is 0 Å². The van der Waals surface area contributed by atoms with Crippen molar-refractivity contribution in [1.29, 1.82) is 0 Å². The van der Waals surface area contributed by atoms with Crippen molar-refractivity contribution in [2.75, 3.05) is 26.6 Å². The Kier molecular flexibility index (Phi) is 4.85. The number of carbonyl (C=O) groups excluding carboxylic acids is 1. The Balaban J connectivity index is 2.25. The summed E-state index contributed by atoms with van der Waals surface area (Å²) in [6.07, 6.45) is 0.219. The van der Waals surface area contributed by atoms with Crippen LogP contribution in [0.4, 0.5) is 10.1 Å². The molecule has 1 amide bonds. The van der Waals surface area contributed by atoms with Gasteiger partial charge in [0.25, 0.3) is 0 Å². The molecule has 1 heterocycles. The molecule has 7 heteroatoms. The average Bonchev–Trinajstić information content (AvgIpc) is 2.61. The number of benzene rings is 2. The fraction of sp³-hybridized carbons (Fsp3) is 0.278. The number of hydrogen-bond donors (Lipinski definition) is 1. The molecule has 3 rings (SSSR count). The van der Waals surface area contributed by atoms with E-state index in [0.29, 0.717) is 27.4 Å². The molecule has 1 atom stereocenters. The predicted octanol–water partition coefficient (Wildman–Crippen LogP) is 4.09. The lowest BCUT2D eigenvalue weighted by Gasteiger charge is -2.29. The summed E-state index contributed by atoms with van der Waals surface area (Å²) in [4.78, 5) is 12.2. The molecule has 0 saturated heterocycles. The van der Waals surface area contributed by atoms with Crippen molar-refractivity contribution < 1.29 is 23.4 Å². The van der Waals surface area contributed by atoms with Gasteiger partial charge in [0.15, 0.2) is 11.5 Å². The Morgan fingerprint density at radius 1 is 1.12 bits per heavy atom. The molecule has 5 nitrogen and oxygen atoms in total. The molecule has 1 aliphatic heterocycles. The van der Waals surface area contributed by atoms with Gasteiger partial charge in [0.2, 0.25) is 11.7 Å². The maximum atomic E-state index is 13.6. The minimum atomic E-state index is -0.358. The number of carbonyl (C=O) groups is 1.